The fourth-order valence-corrected chi connectivity index (χ4v) is 6.40. The minimum absolute atomic E-state index is 0.180. The number of benzene rings is 3. The molecule has 0 aliphatic carbocycles. The molecule has 5 rings (SSSR count). The second kappa shape index (κ2) is 13.3. The molecule has 0 fully saturated rings. The van der Waals surface area contributed by atoms with Gasteiger partial charge in [-0.15, -0.1) is 0 Å². The summed E-state index contributed by atoms with van der Waals surface area (Å²) in [5.41, 5.74) is 3.83. The molecule has 1 aromatic heterocycles. The van der Waals surface area contributed by atoms with Gasteiger partial charge in [0.05, 0.1) is 35.6 Å². The first-order valence-electron chi connectivity index (χ1n) is 13.8. The summed E-state index contributed by atoms with van der Waals surface area (Å²) in [6.07, 6.45) is 1.84. The molecule has 4 aromatic rings. The highest BCUT2D eigenvalue weighted by molar-refractivity contribution is 7.07. The lowest BCUT2D eigenvalue weighted by Gasteiger charge is -2.25. The highest BCUT2D eigenvalue weighted by Crippen LogP contribution is 2.37. The number of allylic oxidation sites excluding steroid dienone is 1. The lowest BCUT2D eigenvalue weighted by molar-refractivity contribution is -0.139. The summed E-state index contributed by atoms with van der Waals surface area (Å²) in [7, 11) is 5.47. The van der Waals surface area contributed by atoms with Gasteiger partial charge in [0.1, 0.15) is 6.61 Å². The predicted octanol–water partition coefficient (Wildman–Crippen LogP) is 5.76. The third kappa shape index (κ3) is 6.40. The zero-order valence-corrected chi connectivity index (χ0v) is 27.2. The molecule has 2 heterocycles. The quantitative estimate of drug-likeness (QED) is 0.214. The first-order valence-corrected chi connectivity index (χ1v) is 15.4. The summed E-state index contributed by atoms with van der Waals surface area (Å²) in [5, 5.41) is 1.02. The molecule has 0 bridgehead atoms. The molecule has 0 saturated heterocycles. The molecule has 8 nitrogen and oxygen atoms in total. The van der Waals surface area contributed by atoms with E-state index in [0.717, 1.165) is 16.8 Å². The largest absolute Gasteiger partial charge is 0.493 e. The van der Waals surface area contributed by atoms with Gasteiger partial charge in [-0.05, 0) is 67.4 Å². The number of halogens is 2. The van der Waals surface area contributed by atoms with Crippen LogP contribution in [0.4, 0.5) is 5.69 Å². The van der Waals surface area contributed by atoms with Crippen molar-refractivity contribution in [1.82, 2.24) is 4.57 Å². The van der Waals surface area contributed by atoms with E-state index in [1.165, 1.54) is 18.4 Å². The molecule has 0 saturated carbocycles. The van der Waals surface area contributed by atoms with Gasteiger partial charge in [-0.2, -0.15) is 0 Å². The van der Waals surface area contributed by atoms with E-state index in [4.69, 9.17) is 37.4 Å². The van der Waals surface area contributed by atoms with Gasteiger partial charge in [0.2, 0.25) is 0 Å². The minimum atomic E-state index is -0.794. The lowest BCUT2D eigenvalue weighted by atomic mass is 9.95. The van der Waals surface area contributed by atoms with Crippen LogP contribution in [0.2, 0.25) is 10.0 Å². The molecule has 0 radical (unpaired) electrons. The Morgan fingerprint density at radius 3 is 2.48 bits per heavy atom. The molecule has 1 aliphatic rings. The van der Waals surface area contributed by atoms with E-state index in [1.54, 1.807) is 54.8 Å². The fraction of sp³-hybridized carbons (Fsp3) is 0.242. The van der Waals surface area contributed by atoms with Crippen LogP contribution in [0.1, 0.15) is 36.6 Å². The van der Waals surface area contributed by atoms with Gasteiger partial charge in [0.25, 0.3) is 5.56 Å². The number of rotatable bonds is 9. The van der Waals surface area contributed by atoms with Crippen LogP contribution in [-0.2, 0) is 16.1 Å². The van der Waals surface area contributed by atoms with Gasteiger partial charge < -0.3 is 19.1 Å². The molecule has 1 atom stereocenters. The molecule has 0 amide bonds. The smallest absolute Gasteiger partial charge is 0.338 e. The Labute approximate surface area is 269 Å². The lowest BCUT2D eigenvalue weighted by Crippen LogP contribution is -2.40. The van der Waals surface area contributed by atoms with Gasteiger partial charge in [0, 0.05) is 35.4 Å². The van der Waals surface area contributed by atoms with Gasteiger partial charge in [-0.1, -0.05) is 58.8 Å². The standard InChI is InChI=1S/C33H31Cl2N3O5S/c1-6-42-32(40)29-19(2)36-33-38(31(39)28(44-33)15-20-7-12-24(13-8-20)37(3)4)30(29)21-10-14-26(27(16-21)41-5)43-18-22-9-11-23(34)17-25(22)35/h7-17,30H,6,18H2,1-5H3/b28-15+/t30-/m0/s1. The van der Waals surface area contributed by atoms with Gasteiger partial charge in [-0.3, -0.25) is 9.36 Å². The van der Waals surface area contributed by atoms with E-state index >= 15 is 0 Å². The Morgan fingerprint density at radius 1 is 1.07 bits per heavy atom. The molecule has 0 unspecified atom stereocenters. The molecule has 0 N–H and O–H groups in total. The summed E-state index contributed by atoms with van der Waals surface area (Å²) in [6.45, 7) is 3.85. The van der Waals surface area contributed by atoms with Crippen molar-refractivity contribution in [3.8, 4) is 11.5 Å². The van der Waals surface area contributed by atoms with E-state index in [0.29, 0.717) is 42.1 Å². The third-order valence-corrected chi connectivity index (χ3v) is 8.70. The van der Waals surface area contributed by atoms with Crippen LogP contribution in [0, 0.1) is 0 Å². The van der Waals surface area contributed by atoms with Crippen LogP contribution in [0.5, 0.6) is 11.5 Å². The molecular formula is C33H31Cl2N3O5S. The Kier molecular flexibility index (Phi) is 9.48. The summed E-state index contributed by atoms with van der Waals surface area (Å²) in [5.74, 6) is 0.353. The third-order valence-electron chi connectivity index (χ3n) is 7.13. The second-order valence-electron chi connectivity index (χ2n) is 10.2. The fourth-order valence-electron chi connectivity index (χ4n) is 4.89. The topological polar surface area (TPSA) is 82.4 Å². The van der Waals surface area contributed by atoms with Crippen LogP contribution in [-0.4, -0.2) is 38.3 Å². The zero-order chi connectivity index (χ0) is 31.5. The number of hydrogen-bond donors (Lipinski definition) is 0. The summed E-state index contributed by atoms with van der Waals surface area (Å²) in [4.78, 5) is 34.4. The minimum Gasteiger partial charge on any atom is -0.493 e. The van der Waals surface area contributed by atoms with E-state index in [-0.39, 0.29) is 24.3 Å². The Bertz CT molecular complexity index is 1930. The number of esters is 1. The van der Waals surface area contributed by atoms with Crippen LogP contribution in [0.15, 0.2) is 81.7 Å². The number of methoxy groups -OCH3 is 1. The summed E-state index contributed by atoms with van der Waals surface area (Å²) < 4.78 is 19.2. The van der Waals surface area contributed by atoms with Crippen LogP contribution >= 0.6 is 34.5 Å². The van der Waals surface area contributed by atoms with Crippen molar-refractivity contribution in [1.29, 1.82) is 0 Å². The first-order chi connectivity index (χ1) is 21.1. The maximum absolute atomic E-state index is 14.0. The van der Waals surface area contributed by atoms with Crippen LogP contribution in [0.3, 0.4) is 0 Å². The monoisotopic (exact) mass is 651 g/mol. The molecule has 44 heavy (non-hydrogen) atoms. The number of carbonyl (C=O) groups is 1. The number of thiazole rings is 1. The number of anilines is 1. The number of carbonyl (C=O) groups excluding carboxylic acids is 1. The van der Waals surface area contributed by atoms with E-state index in [1.807, 2.05) is 49.3 Å². The van der Waals surface area contributed by atoms with Gasteiger partial charge in [-0.25, -0.2) is 9.79 Å². The molecule has 3 aromatic carbocycles. The Morgan fingerprint density at radius 2 is 1.82 bits per heavy atom. The highest BCUT2D eigenvalue weighted by Gasteiger charge is 2.34. The molecular weight excluding hydrogens is 621 g/mol. The van der Waals surface area contributed by atoms with Crippen LogP contribution < -0.4 is 29.3 Å². The Balaban J connectivity index is 1.58. The summed E-state index contributed by atoms with van der Waals surface area (Å²) in [6, 6.07) is 17.6. The molecule has 11 heteroatoms. The van der Waals surface area contributed by atoms with E-state index < -0.39 is 12.0 Å². The second-order valence-corrected chi connectivity index (χ2v) is 12.1. The maximum atomic E-state index is 14.0. The SMILES string of the molecule is CCOC(=O)C1=C(C)N=c2s/c(=C/c3ccc(N(C)C)cc3)c(=O)n2[C@H]1c1ccc(OCc2ccc(Cl)cc2Cl)c(OC)c1. The predicted molar refractivity (Wildman–Crippen MR) is 175 cm³/mol. The number of hydrogen-bond acceptors (Lipinski definition) is 8. The first kappa shape index (κ1) is 31.4. The normalized spacial score (nSPS) is 14.6. The molecule has 1 aliphatic heterocycles. The molecule has 0 spiro atoms. The Hall–Kier alpha value is -4.05. The van der Waals surface area contributed by atoms with Crippen molar-refractivity contribution in [2.75, 3.05) is 32.7 Å². The zero-order valence-electron chi connectivity index (χ0n) is 24.9. The number of fused-ring (bicyclic) bond motifs is 1. The maximum Gasteiger partial charge on any atom is 0.338 e. The average molecular weight is 653 g/mol. The van der Waals surface area contributed by atoms with E-state index in [2.05, 4.69) is 4.99 Å². The van der Waals surface area contributed by atoms with Crippen molar-refractivity contribution >= 4 is 52.3 Å². The van der Waals surface area contributed by atoms with Crippen molar-refractivity contribution in [3.05, 3.63) is 118 Å². The van der Waals surface area contributed by atoms with Gasteiger partial charge in [0.15, 0.2) is 16.3 Å². The number of ether oxygens (including phenoxy) is 3. The van der Waals surface area contributed by atoms with Gasteiger partial charge >= 0.3 is 5.97 Å². The van der Waals surface area contributed by atoms with Crippen molar-refractivity contribution in [2.24, 2.45) is 4.99 Å². The van der Waals surface area contributed by atoms with Crippen molar-refractivity contribution in [2.45, 2.75) is 26.5 Å². The van der Waals surface area contributed by atoms with E-state index in [9.17, 15) is 9.59 Å². The van der Waals surface area contributed by atoms with Crippen LogP contribution in [0.25, 0.3) is 6.08 Å². The van der Waals surface area contributed by atoms with Crippen molar-refractivity contribution < 1.29 is 19.0 Å². The van der Waals surface area contributed by atoms with Crippen molar-refractivity contribution in [3.63, 3.8) is 0 Å². The number of aromatic nitrogens is 1. The number of nitrogens with zero attached hydrogens (tertiary/aromatic N) is 3. The summed E-state index contributed by atoms with van der Waals surface area (Å²) >= 11 is 13.6. The highest BCUT2D eigenvalue weighted by atomic mass is 35.5. The average Bonchev–Trinajstić information content (AvgIpc) is 3.30. The molecule has 228 valence electrons.